The standard InChI is InChI=1S/C39H40NSi/c1-27-23-30(29-13-7-6-8-14-29)17-19-32(27)36-24-28(2)33(26-40(36)3)31-18-20-38-35(25-31)39(21-11-12-22-39)34-15-9-10-16-37(34)41(38,4)5/h6-10,13-20,23-26H,11-12,21-22H2,1-5H3/q+1. The third-order valence-corrected chi connectivity index (χ3v) is 13.7. The zero-order valence-electron chi connectivity index (χ0n) is 25.1. The molecule has 2 aliphatic rings. The van der Waals surface area contributed by atoms with Gasteiger partial charge in [0.25, 0.3) is 0 Å². The maximum atomic E-state index is 2.59. The van der Waals surface area contributed by atoms with E-state index in [2.05, 4.69) is 142 Å². The lowest BCUT2D eigenvalue weighted by atomic mass is 9.72. The minimum Gasteiger partial charge on any atom is -0.200 e. The molecule has 0 saturated heterocycles. The number of rotatable bonds is 3. The molecular weight excluding hydrogens is 511 g/mol. The summed E-state index contributed by atoms with van der Waals surface area (Å²) < 4.78 is 2.33. The van der Waals surface area contributed by atoms with Crippen LogP contribution in [0.15, 0.2) is 103 Å². The molecule has 0 amide bonds. The average molecular weight is 551 g/mol. The topological polar surface area (TPSA) is 3.88 Å². The number of hydrogen-bond acceptors (Lipinski definition) is 0. The molecule has 0 radical (unpaired) electrons. The van der Waals surface area contributed by atoms with Gasteiger partial charge in [-0.15, -0.1) is 0 Å². The lowest BCUT2D eigenvalue weighted by molar-refractivity contribution is -0.660. The zero-order chi connectivity index (χ0) is 28.4. The molecule has 41 heavy (non-hydrogen) atoms. The molecule has 1 aliphatic heterocycles. The van der Waals surface area contributed by atoms with Gasteiger partial charge in [-0.05, 0) is 71.7 Å². The molecular formula is C39H40NSi+. The molecule has 0 N–H and O–H groups in total. The summed E-state index contributed by atoms with van der Waals surface area (Å²) in [5, 5.41) is 3.30. The van der Waals surface area contributed by atoms with Crippen molar-refractivity contribution in [1.29, 1.82) is 0 Å². The number of aryl methyl sites for hydroxylation is 3. The monoisotopic (exact) mass is 550 g/mol. The van der Waals surface area contributed by atoms with Gasteiger partial charge < -0.3 is 0 Å². The van der Waals surface area contributed by atoms with E-state index in [4.69, 9.17) is 0 Å². The van der Waals surface area contributed by atoms with Crippen LogP contribution in [0.3, 0.4) is 0 Å². The van der Waals surface area contributed by atoms with Gasteiger partial charge in [0, 0.05) is 22.6 Å². The first-order valence-corrected chi connectivity index (χ1v) is 18.2. The minimum atomic E-state index is -1.77. The van der Waals surface area contributed by atoms with Gasteiger partial charge >= 0.3 is 0 Å². The van der Waals surface area contributed by atoms with Gasteiger partial charge in [0.05, 0.1) is 0 Å². The molecule has 0 unspecified atom stereocenters. The van der Waals surface area contributed by atoms with E-state index in [1.807, 2.05) is 0 Å². The molecule has 1 fully saturated rings. The highest BCUT2D eigenvalue weighted by Crippen LogP contribution is 2.49. The van der Waals surface area contributed by atoms with Crippen molar-refractivity contribution in [3.05, 3.63) is 126 Å². The molecule has 1 aromatic heterocycles. The van der Waals surface area contributed by atoms with E-state index in [0.717, 1.165) is 0 Å². The Hall–Kier alpha value is -3.75. The number of pyridine rings is 1. The van der Waals surface area contributed by atoms with Crippen LogP contribution in [0.25, 0.3) is 33.5 Å². The Morgan fingerprint density at radius 2 is 1.27 bits per heavy atom. The lowest BCUT2D eigenvalue weighted by Gasteiger charge is -2.45. The van der Waals surface area contributed by atoms with Crippen LogP contribution in [-0.4, -0.2) is 8.07 Å². The molecule has 0 atom stereocenters. The largest absolute Gasteiger partial charge is 0.212 e. The summed E-state index contributed by atoms with van der Waals surface area (Å²) in [6.45, 7) is 9.62. The third-order valence-electron chi connectivity index (χ3n) is 10.2. The predicted octanol–water partition coefficient (Wildman–Crippen LogP) is 8.13. The Morgan fingerprint density at radius 1 is 0.610 bits per heavy atom. The van der Waals surface area contributed by atoms with Gasteiger partial charge in [0.1, 0.15) is 15.1 Å². The normalized spacial score (nSPS) is 16.4. The molecule has 5 aromatic rings. The van der Waals surface area contributed by atoms with Crippen molar-refractivity contribution in [2.24, 2.45) is 7.05 Å². The highest BCUT2D eigenvalue weighted by molar-refractivity contribution is 7.01. The summed E-state index contributed by atoms with van der Waals surface area (Å²) in [6.07, 6.45) is 7.55. The van der Waals surface area contributed by atoms with Gasteiger partial charge in [-0.25, -0.2) is 4.57 Å². The van der Waals surface area contributed by atoms with E-state index in [1.165, 1.54) is 70.3 Å². The van der Waals surface area contributed by atoms with Gasteiger partial charge in [-0.3, -0.25) is 0 Å². The second kappa shape index (κ2) is 9.67. The molecule has 0 bridgehead atoms. The number of benzene rings is 4. The number of nitrogens with zero attached hydrogens (tertiary/aromatic N) is 1. The SMILES string of the molecule is Cc1cc(-c2ccc(-c3ccccc3)cc2C)[n+](C)cc1-c1ccc2c(c1)C1(CCCC1)c1ccccc1[Si]2(C)C. The smallest absolute Gasteiger partial charge is 0.200 e. The second-order valence-corrected chi connectivity index (χ2v) is 17.3. The summed E-state index contributed by atoms with van der Waals surface area (Å²) in [6, 6.07) is 36.9. The Kier molecular flexibility index (Phi) is 6.17. The van der Waals surface area contributed by atoms with Crippen molar-refractivity contribution in [1.82, 2.24) is 0 Å². The fourth-order valence-electron chi connectivity index (χ4n) is 7.99. The molecule has 1 saturated carbocycles. The van der Waals surface area contributed by atoms with Crippen LogP contribution in [0.2, 0.25) is 13.1 Å². The first-order chi connectivity index (χ1) is 19.8. The van der Waals surface area contributed by atoms with Crippen molar-refractivity contribution in [2.45, 2.75) is 58.0 Å². The predicted molar refractivity (Wildman–Crippen MR) is 176 cm³/mol. The fourth-order valence-corrected chi connectivity index (χ4v) is 11.3. The minimum absolute atomic E-state index is 0.179. The summed E-state index contributed by atoms with van der Waals surface area (Å²) in [5.74, 6) is 0. The number of hydrogen-bond donors (Lipinski definition) is 0. The van der Waals surface area contributed by atoms with E-state index in [1.54, 1.807) is 21.5 Å². The lowest BCUT2D eigenvalue weighted by Crippen LogP contribution is -2.62. The Bertz CT molecular complexity index is 1790. The van der Waals surface area contributed by atoms with Crippen LogP contribution in [0.4, 0.5) is 0 Å². The van der Waals surface area contributed by atoms with Crippen LogP contribution < -0.4 is 14.9 Å². The zero-order valence-corrected chi connectivity index (χ0v) is 26.1. The molecule has 7 rings (SSSR count). The quantitative estimate of drug-likeness (QED) is 0.158. The first-order valence-electron chi connectivity index (χ1n) is 15.2. The van der Waals surface area contributed by atoms with Gasteiger partial charge in [-0.1, -0.05) is 121 Å². The van der Waals surface area contributed by atoms with Crippen LogP contribution in [0.5, 0.6) is 0 Å². The van der Waals surface area contributed by atoms with Crippen molar-refractivity contribution in [3.8, 4) is 33.5 Å². The Labute approximate surface area is 246 Å². The van der Waals surface area contributed by atoms with E-state index < -0.39 is 8.07 Å². The van der Waals surface area contributed by atoms with E-state index in [-0.39, 0.29) is 5.41 Å². The van der Waals surface area contributed by atoms with E-state index in [9.17, 15) is 0 Å². The van der Waals surface area contributed by atoms with Crippen LogP contribution in [0.1, 0.15) is 47.9 Å². The second-order valence-electron chi connectivity index (χ2n) is 13.0. The summed E-state index contributed by atoms with van der Waals surface area (Å²) in [7, 11) is 0.433. The van der Waals surface area contributed by atoms with Crippen LogP contribution in [-0.2, 0) is 12.5 Å². The molecule has 4 aromatic carbocycles. The van der Waals surface area contributed by atoms with Gasteiger partial charge in [0.15, 0.2) is 6.20 Å². The molecule has 2 heterocycles. The molecule has 1 aliphatic carbocycles. The molecule has 204 valence electrons. The van der Waals surface area contributed by atoms with Crippen molar-refractivity contribution < 1.29 is 4.57 Å². The highest BCUT2D eigenvalue weighted by atomic mass is 28.3. The van der Waals surface area contributed by atoms with Crippen LogP contribution in [0, 0.1) is 13.8 Å². The summed E-state index contributed by atoms with van der Waals surface area (Å²) in [5.41, 5.74) is 13.8. The van der Waals surface area contributed by atoms with Gasteiger partial charge in [-0.2, -0.15) is 0 Å². The number of fused-ring (bicyclic) bond motifs is 4. The van der Waals surface area contributed by atoms with Crippen molar-refractivity contribution >= 4 is 18.4 Å². The fraction of sp³-hybridized carbons (Fsp3) is 0.256. The van der Waals surface area contributed by atoms with Gasteiger partial charge in [0.2, 0.25) is 5.69 Å². The van der Waals surface area contributed by atoms with Crippen molar-refractivity contribution in [3.63, 3.8) is 0 Å². The average Bonchev–Trinajstić information content (AvgIpc) is 3.49. The Balaban J connectivity index is 1.32. The highest BCUT2D eigenvalue weighted by Gasteiger charge is 2.48. The summed E-state index contributed by atoms with van der Waals surface area (Å²) in [4.78, 5) is 0. The summed E-state index contributed by atoms with van der Waals surface area (Å²) >= 11 is 0. The van der Waals surface area contributed by atoms with E-state index in [0.29, 0.717) is 0 Å². The van der Waals surface area contributed by atoms with E-state index >= 15 is 0 Å². The maximum absolute atomic E-state index is 2.59. The van der Waals surface area contributed by atoms with Crippen LogP contribution >= 0.6 is 0 Å². The first kappa shape index (κ1) is 26.2. The Morgan fingerprint density at radius 3 is 2.02 bits per heavy atom. The third kappa shape index (κ3) is 4.07. The molecule has 2 heteroatoms. The molecule has 1 spiro atoms. The maximum Gasteiger partial charge on any atom is 0.212 e. The van der Waals surface area contributed by atoms with Crippen molar-refractivity contribution in [2.75, 3.05) is 0 Å². The number of aromatic nitrogens is 1. The molecule has 1 nitrogen and oxygen atoms in total.